The zero-order valence-electron chi connectivity index (χ0n) is 21.9. The molecule has 1 atom stereocenters. The summed E-state index contributed by atoms with van der Waals surface area (Å²) in [6, 6.07) is 27.9. The van der Waals surface area contributed by atoms with E-state index in [0.717, 1.165) is 27.7 Å². The first kappa shape index (κ1) is 28.1. The standard InChI is InChI=1S/C31H26ClN3O5S/c1-20-11-14-25(15-12-20)41(38,39)35-29(31(37)40-34-30(36)21-7-3-2-4-8-21)19-23-17-24(32)13-16-26(23)28-18-22-9-5-6-10-27(22)33-28/h2-18,29,33,35H,19H2,1H3,(H,34,36). The first-order chi connectivity index (χ1) is 19.7. The topological polar surface area (TPSA) is 117 Å². The number of aromatic nitrogens is 1. The molecule has 5 rings (SSSR count). The minimum absolute atomic E-state index is 0.0174. The number of para-hydroxylation sites is 1. The third-order valence-electron chi connectivity index (χ3n) is 6.50. The van der Waals surface area contributed by atoms with Crippen LogP contribution in [-0.4, -0.2) is 31.3 Å². The molecule has 0 spiro atoms. The summed E-state index contributed by atoms with van der Waals surface area (Å²) in [7, 11) is -4.14. The Morgan fingerprint density at radius 2 is 1.61 bits per heavy atom. The lowest BCUT2D eigenvalue weighted by Gasteiger charge is -2.19. The van der Waals surface area contributed by atoms with Crippen LogP contribution < -0.4 is 10.2 Å². The molecule has 0 aliphatic carbocycles. The number of halogens is 1. The highest BCUT2D eigenvalue weighted by molar-refractivity contribution is 7.89. The average Bonchev–Trinajstić information content (AvgIpc) is 3.40. The van der Waals surface area contributed by atoms with Gasteiger partial charge in [0, 0.05) is 39.2 Å². The number of amides is 1. The fraction of sp³-hybridized carbons (Fsp3) is 0.0968. The molecule has 10 heteroatoms. The Morgan fingerprint density at radius 3 is 2.34 bits per heavy atom. The van der Waals surface area contributed by atoms with E-state index in [9.17, 15) is 18.0 Å². The van der Waals surface area contributed by atoms with Crippen LogP contribution in [0.1, 0.15) is 21.5 Å². The zero-order chi connectivity index (χ0) is 29.0. The van der Waals surface area contributed by atoms with Crippen LogP contribution in [0.15, 0.2) is 108 Å². The molecular formula is C31H26ClN3O5S. The SMILES string of the molecule is Cc1ccc(S(=O)(=O)NC(Cc2cc(Cl)ccc2-c2cc3ccccc3[nH]2)C(=O)ONC(=O)c2ccccc2)cc1. The van der Waals surface area contributed by atoms with Gasteiger partial charge in [-0.2, -0.15) is 10.2 Å². The number of aryl methyl sites for hydroxylation is 1. The number of carbonyl (C=O) groups is 2. The second-order valence-corrected chi connectivity index (χ2v) is 11.6. The Morgan fingerprint density at radius 1 is 0.902 bits per heavy atom. The molecule has 0 aliphatic heterocycles. The fourth-order valence-electron chi connectivity index (χ4n) is 4.39. The number of benzene rings is 4. The molecule has 8 nitrogen and oxygen atoms in total. The van der Waals surface area contributed by atoms with E-state index in [1.807, 2.05) is 37.3 Å². The number of hydrogen-bond acceptors (Lipinski definition) is 5. The van der Waals surface area contributed by atoms with Crippen LogP contribution >= 0.6 is 11.6 Å². The molecule has 41 heavy (non-hydrogen) atoms. The lowest BCUT2D eigenvalue weighted by atomic mass is 9.98. The number of fused-ring (bicyclic) bond motifs is 1. The van der Waals surface area contributed by atoms with E-state index in [1.165, 1.54) is 12.1 Å². The van der Waals surface area contributed by atoms with Crippen LogP contribution in [0.2, 0.25) is 5.02 Å². The van der Waals surface area contributed by atoms with Gasteiger partial charge < -0.3 is 9.82 Å². The molecule has 0 saturated carbocycles. The van der Waals surface area contributed by atoms with Crippen molar-refractivity contribution in [2.75, 3.05) is 0 Å². The first-order valence-corrected chi connectivity index (χ1v) is 14.6. The smallest absolute Gasteiger partial charge is 0.350 e. The van der Waals surface area contributed by atoms with Gasteiger partial charge in [-0.1, -0.05) is 71.8 Å². The number of aromatic amines is 1. The summed E-state index contributed by atoms with van der Waals surface area (Å²) < 4.78 is 29.1. The molecule has 0 bridgehead atoms. The Balaban J connectivity index is 1.47. The quantitative estimate of drug-likeness (QED) is 0.205. The largest absolute Gasteiger partial charge is 0.355 e. The zero-order valence-corrected chi connectivity index (χ0v) is 23.5. The molecule has 5 aromatic rings. The summed E-state index contributed by atoms with van der Waals surface area (Å²) >= 11 is 6.34. The molecule has 1 unspecified atom stereocenters. The first-order valence-electron chi connectivity index (χ1n) is 12.7. The highest BCUT2D eigenvalue weighted by Gasteiger charge is 2.29. The minimum Gasteiger partial charge on any atom is -0.355 e. The monoisotopic (exact) mass is 587 g/mol. The van der Waals surface area contributed by atoms with Gasteiger partial charge >= 0.3 is 5.97 Å². The molecule has 4 aromatic carbocycles. The van der Waals surface area contributed by atoms with Gasteiger partial charge in [-0.25, -0.2) is 13.2 Å². The van der Waals surface area contributed by atoms with E-state index in [-0.39, 0.29) is 16.9 Å². The van der Waals surface area contributed by atoms with E-state index >= 15 is 0 Å². The van der Waals surface area contributed by atoms with Crippen molar-refractivity contribution in [3.8, 4) is 11.3 Å². The van der Waals surface area contributed by atoms with E-state index in [4.69, 9.17) is 16.4 Å². The second kappa shape index (κ2) is 12.0. The van der Waals surface area contributed by atoms with Gasteiger partial charge in [0.1, 0.15) is 6.04 Å². The summed E-state index contributed by atoms with van der Waals surface area (Å²) in [5.41, 5.74) is 6.27. The molecule has 0 saturated heterocycles. The predicted octanol–water partition coefficient (Wildman–Crippen LogP) is 5.57. The van der Waals surface area contributed by atoms with Crippen molar-refractivity contribution >= 4 is 44.4 Å². The van der Waals surface area contributed by atoms with E-state index < -0.39 is 27.9 Å². The lowest BCUT2D eigenvalue weighted by Crippen LogP contribution is -2.45. The molecule has 3 N–H and O–H groups in total. The minimum atomic E-state index is -4.14. The van der Waals surface area contributed by atoms with Crippen LogP contribution in [0.4, 0.5) is 0 Å². The molecule has 0 radical (unpaired) electrons. The van der Waals surface area contributed by atoms with Crippen molar-refractivity contribution in [3.63, 3.8) is 0 Å². The number of hydroxylamine groups is 1. The van der Waals surface area contributed by atoms with Crippen LogP contribution in [-0.2, 0) is 26.1 Å². The Kier molecular flexibility index (Phi) is 8.21. The molecular weight excluding hydrogens is 562 g/mol. The van der Waals surface area contributed by atoms with Crippen molar-refractivity contribution in [3.05, 3.63) is 125 Å². The Bertz CT molecular complexity index is 1790. The Labute approximate surface area is 242 Å². The number of sulfonamides is 1. The van der Waals surface area contributed by atoms with Crippen LogP contribution in [0.25, 0.3) is 22.2 Å². The number of nitrogens with one attached hydrogen (secondary N) is 3. The van der Waals surface area contributed by atoms with Gasteiger partial charge in [0.05, 0.1) is 4.90 Å². The van der Waals surface area contributed by atoms with Gasteiger partial charge in [0.25, 0.3) is 5.91 Å². The van der Waals surface area contributed by atoms with Crippen LogP contribution in [0.3, 0.4) is 0 Å². The second-order valence-electron chi connectivity index (χ2n) is 9.48. The number of hydrogen-bond donors (Lipinski definition) is 3. The van der Waals surface area contributed by atoms with Crippen molar-refractivity contribution in [2.24, 2.45) is 0 Å². The van der Waals surface area contributed by atoms with Crippen molar-refractivity contribution in [2.45, 2.75) is 24.3 Å². The fourth-order valence-corrected chi connectivity index (χ4v) is 5.77. The summed E-state index contributed by atoms with van der Waals surface area (Å²) in [5.74, 6) is -1.65. The molecule has 208 valence electrons. The third-order valence-corrected chi connectivity index (χ3v) is 8.23. The number of rotatable bonds is 8. The maximum Gasteiger partial charge on any atom is 0.350 e. The van der Waals surface area contributed by atoms with E-state index in [2.05, 4.69) is 15.2 Å². The molecule has 1 amide bonds. The molecule has 0 aliphatic rings. The molecule has 0 fully saturated rings. The van der Waals surface area contributed by atoms with Gasteiger partial charge in [0.15, 0.2) is 0 Å². The normalized spacial score (nSPS) is 12.1. The summed E-state index contributed by atoms with van der Waals surface area (Å²) in [5, 5.41) is 1.40. The number of H-pyrrole nitrogens is 1. The maximum atomic E-state index is 13.3. The summed E-state index contributed by atoms with van der Waals surface area (Å²) in [4.78, 5) is 34.3. The van der Waals surface area contributed by atoms with Gasteiger partial charge in [-0.15, -0.1) is 0 Å². The maximum absolute atomic E-state index is 13.3. The predicted molar refractivity (Wildman–Crippen MR) is 158 cm³/mol. The highest BCUT2D eigenvalue weighted by atomic mass is 35.5. The molecule has 1 heterocycles. The van der Waals surface area contributed by atoms with Crippen molar-refractivity contribution in [1.29, 1.82) is 0 Å². The third kappa shape index (κ3) is 6.66. The van der Waals surface area contributed by atoms with Gasteiger partial charge in [-0.3, -0.25) is 4.79 Å². The van der Waals surface area contributed by atoms with Gasteiger partial charge in [-0.05, 0) is 61.0 Å². The van der Waals surface area contributed by atoms with Crippen LogP contribution in [0, 0.1) is 6.92 Å². The van der Waals surface area contributed by atoms with E-state index in [1.54, 1.807) is 60.7 Å². The lowest BCUT2D eigenvalue weighted by molar-refractivity contribution is -0.151. The Hall–Kier alpha value is -4.44. The van der Waals surface area contributed by atoms with Crippen molar-refractivity contribution in [1.82, 2.24) is 15.2 Å². The van der Waals surface area contributed by atoms with Crippen molar-refractivity contribution < 1.29 is 22.8 Å². The average molecular weight is 588 g/mol. The van der Waals surface area contributed by atoms with Crippen LogP contribution in [0.5, 0.6) is 0 Å². The number of carbonyl (C=O) groups excluding carboxylic acids is 2. The summed E-state index contributed by atoms with van der Waals surface area (Å²) in [6.45, 7) is 1.84. The molecule has 1 aromatic heterocycles. The highest BCUT2D eigenvalue weighted by Crippen LogP contribution is 2.30. The van der Waals surface area contributed by atoms with Gasteiger partial charge in [0.2, 0.25) is 10.0 Å². The van der Waals surface area contributed by atoms with E-state index in [0.29, 0.717) is 10.6 Å². The summed E-state index contributed by atoms with van der Waals surface area (Å²) in [6.07, 6.45) is -0.115.